The van der Waals surface area contributed by atoms with Gasteiger partial charge >= 0.3 is 0 Å². The molecule has 1 saturated heterocycles. The second kappa shape index (κ2) is 6.31. The quantitative estimate of drug-likeness (QED) is 0.725. The Morgan fingerprint density at radius 2 is 2.00 bits per heavy atom. The van der Waals surface area contributed by atoms with Gasteiger partial charge in [-0.2, -0.15) is 0 Å². The van der Waals surface area contributed by atoms with Crippen LogP contribution in [-0.2, 0) is 0 Å². The highest BCUT2D eigenvalue weighted by atomic mass is 32.1. The smallest absolute Gasteiger partial charge is 0.265 e. The van der Waals surface area contributed by atoms with Crippen LogP contribution in [0.2, 0.25) is 0 Å². The summed E-state index contributed by atoms with van der Waals surface area (Å²) in [6, 6.07) is 0. The predicted molar refractivity (Wildman–Crippen MR) is 85.0 cm³/mol. The number of nitrogens with one attached hydrogen (secondary N) is 1. The molecule has 1 aromatic rings. The number of nitrogens with two attached hydrogens (primary N) is 2. The monoisotopic (exact) mass is 311 g/mol. The lowest BCUT2D eigenvalue weighted by molar-refractivity contribution is 0.0833. The number of carbonyl (C=O) groups is 2. The highest BCUT2D eigenvalue weighted by Gasteiger charge is 2.28. The van der Waals surface area contributed by atoms with Gasteiger partial charge in [-0.1, -0.05) is 0 Å². The van der Waals surface area contributed by atoms with E-state index in [2.05, 4.69) is 10.2 Å². The molecule has 8 heteroatoms. The van der Waals surface area contributed by atoms with Crippen LogP contribution in [0.3, 0.4) is 0 Å². The largest absolute Gasteiger partial charge is 0.397 e. The second-order valence-corrected chi connectivity index (χ2v) is 6.18. The maximum absolute atomic E-state index is 12.2. The summed E-state index contributed by atoms with van der Waals surface area (Å²) in [4.78, 5) is 27.8. The van der Waals surface area contributed by atoms with E-state index in [4.69, 9.17) is 11.5 Å². The third-order valence-corrected chi connectivity index (χ3v) is 4.66. The Hall–Kier alpha value is -1.80. The van der Waals surface area contributed by atoms with Gasteiger partial charge < -0.3 is 26.6 Å². The number of rotatable bonds is 3. The molecule has 5 N–H and O–H groups in total. The Bertz CT molecular complexity index is 547. The van der Waals surface area contributed by atoms with Crippen LogP contribution in [0.5, 0.6) is 0 Å². The van der Waals surface area contributed by atoms with Crippen molar-refractivity contribution in [2.75, 3.05) is 50.9 Å². The first-order chi connectivity index (χ1) is 9.93. The summed E-state index contributed by atoms with van der Waals surface area (Å²) in [5.41, 5.74) is 11.9. The molecule has 7 nitrogen and oxygen atoms in total. The Labute approximate surface area is 127 Å². The SMILES string of the molecule is CN(C)C(=O)c1sc(N2CCCNCC2)c(C(N)=O)c1N. The van der Waals surface area contributed by atoms with Gasteiger partial charge in [-0.25, -0.2) is 0 Å². The molecule has 0 spiro atoms. The highest BCUT2D eigenvalue weighted by molar-refractivity contribution is 7.19. The molecule has 1 aromatic heterocycles. The lowest BCUT2D eigenvalue weighted by atomic mass is 10.2. The maximum atomic E-state index is 12.2. The van der Waals surface area contributed by atoms with E-state index in [0.717, 1.165) is 32.6 Å². The van der Waals surface area contributed by atoms with E-state index in [0.29, 0.717) is 9.88 Å². The molecule has 1 fully saturated rings. The van der Waals surface area contributed by atoms with Gasteiger partial charge in [0.2, 0.25) is 0 Å². The molecule has 0 saturated carbocycles. The number of nitrogens with zero attached hydrogens (tertiary/aromatic N) is 2. The highest BCUT2D eigenvalue weighted by Crippen LogP contribution is 2.38. The zero-order valence-electron chi connectivity index (χ0n) is 12.3. The average Bonchev–Trinajstić information content (AvgIpc) is 2.62. The molecule has 2 heterocycles. The Morgan fingerprint density at radius 1 is 1.29 bits per heavy atom. The van der Waals surface area contributed by atoms with Crippen LogP contribution in [0.1, 0.15) is 26.5 Å². The van der Waals surface area contributed by atoms with E-state index < -0.39 is 5.91 Å². The minimum Gasteiger partial charge on any atom is -0.397 e. The zero-order chi connectivity index (χ0) is 15.6. The molecule has 2 amide bonds. The van der Waals surface area contributed by atoms with Gasteiger partial charge in [-0.05, 0) is 13.0 Å². The number of nitrogen functional groups attached to an aromatic ring is 1. The van der Waals surface area contributed by atoms with Crippen LogP contribution in [0, 0.1) is 0 Å². The summed E-state index contributed by atoms with van der Waals surface area (Å²) < 4.78 is 0. The van der Waals surface area contributed by atoms with Crippen molar-refractivity contribution in [1.82, 2.24) is 10.2 Å². The first-order valence-corrected chi connectivity index (χ1v) is 7.64. The van der Waals surface area contributed by atoms with Crippen LogP contribution >= 0.6 is 11.3 Å². The van der Waals surface area contributed by atoms with Gasteiger partial charge in [0.25, 0.3) is 11.8 Å². The summed E-state index contributed by atoms with van der Waals surface area (Å²) >= 11 is 1.25. The number of thiophene rings is 1. The van der Waals surface area contributed by atoms with Gasteiger partial charge in [0.15, 0.2) is 0 Å². The summed E-state index contributed by atoms with van der Waals surface area (Å²) in [6.07, 6.45) is 0.965. The molecule has 21 heavy (non-hydrogen) atoms. The minimum atomic E-state index is -0.589. The van der Waals surface area contributed by atoms with Crippen molar-refractivity contribution in [2.24, 2.45) is 5.73 Å². The topological polar surface area (TPSA) is 105 Å². The second-order valence-electron chi connectivity index (χ2n) is 5.18. The van der Waals surface area contributed by atoms with Crippen molar-refractivity contribution in [2.45, 2.75) is 6.42 Å². The summed E-state index contributed by atoms with van der Waals surface area (Å²) in [7, 11) is 3.31. The lowest BCUT2D eigenvalue weighted by Gasteiger charge is -2.21. The van der Waals surface area contributed by atoms with Gasteiger partial charge in [0, 0.05) is 33.7 Å². The van der Waals surface area contributed by atoms with Crippen LogP contribution in [0.4, 0.5) is 10.7 Å². The summed E-state index contributed by atoms with van der Waals surface area (Å²) in [5, 5.41) is 4.00. The van der Waals surface area contributed by atoms with E-state index in [1.165, 1.54) is 16.2 Å². The van der Waals surface area contributed by atoms with Crippen molar-refractivity contribution in [3.63, 3.8) is 0 Å². The Kier molecular flexibility index (Phi) is 4.69. The normalized spacial score (nSPS) is 15.6. The van der Waals surface area contributed by atoms with Gasteiger partial charge in [0.05, 0.1) is 11.3 Å². The van der Waals surface area contributed by atoms with Crippen LogP contribution < -0.4 is 21.7 Å². The predicted octanol–water partition coefficient (Wildman–Crippen LogP) is -0.0693. The van der Waals surface area contributed by atoms with Crippen molar-refractivity contribution < 1.29 is 9.59 Å². The standard InChI is InChI=1S/C13H21N5O2S/c1-17(2)12(20)10-9(14)8(11(15)19)13(21-10)18-6-3-4-16-5-7-18/h16H,3-7,14H2,1-2H3,(H2,15,19). The van der Waals surface area contributed by atoms with E-state index >= 15 is 0 Å². The molecule has 2 rings (SSSR count). The molecule has 0 aromatic carbocycles. The van der Waals surface area contributed by atoms with E-state index in [9.17, 15) is 9.59 Å². The maximum Gasteiger partial charge on any atom is 0.265 e. The molecule has 0 bridgehead atoms. The number of amides is 2. The summed E-state index contributed by atoms with van der Waals surface area (Å²) in [5.74, 6) is -0.798. The third kappa shape index (κ3) is 3.11. The first kappa shape index (κ1) is 15.6. The van der Waals surface area contributed by atoms with Crippen molar-refractivity contribution >= 4 is 33.8 Å². The number of hydrogen-bond acceptors (Lipinski definition) is 6. The van der Waals surface area contributed by atoms with E-state index in [1.54, 1.807) is 14.1 Å². The van der Waals surface area contributed by atoms with Crippen LogP contribution in [0.25, 0.3) is 0 Å². The van der Waals surface area contributed by atoms with Gasteiger partial charge in [-0.15, -0.1) is 11.3 Å². The molecule has 0 atom stereocenters. The number of primary amides is 1. The Morgan fingerprint density at radius 3 is 2.62 bits per heavy atom. The summed E-state index contributed by atoms with van der Waals surface area (Å²) in [6.45, 7) is 3.33. The molecule has 0 aliphatic carbocycles. The van der Waals surface area contributed by atoms with Crippen molar-refractivity contribution in [1.29, 1.82) is 0 Å². The molecule has 116 valence electrons. The zero-order valence-corrected chi connectivity index (χ0v) is 13.1. The van der Waals surface area contributed by atoms with E-state index in [1.807, 2.05) is 0 Å². The minimum absolute atomic E-state index is 0.193. The van der Waals surface area contributed by atoms with Crippen molar-refractivity contribution in [3.05, 3.63) is 10.4 Å². The van der Waals surface area contributed by atoms with Gasteiger partial charge in [-0.3, -0.25) is 9.59 Å². The number of hydrogen-bond donors (Lipinski definition) is 3. The van der Waals surface area contributed by atoms with E-state index in [-0.39, 0.29) is 17.2 Å². The fourth-order valence-corrected chi connectivity index (χ4v) is 3.60. The van der Waals surface area contributed by atoms with Crippen molar-refractivity contribution in [3.8, 4) is 0 Å². The fraction of sp³-hybridized carbons (Fsp3) is 0.538. The lowest BCUT2D eigenvalue weighted by Crippen LogP contribution is -2.29. The first-order valence-electron chi connectivity index (χ1n) is 6.83. The van der Waals surface area contributed by atoms with Crippen LogP contribution in [-0.4, -0.2) is 57.0 Å². The fourth-order valence-electron chi connectivity index (χ4n) is 2.30. The molecule has 1 aliphatic heterocycles. The molecular formula is C13H21N5O2S. The molecule has 1 aliphatic rings. The number of carbonyl (C=O) groups excluding carboxylic acids is 2. The van der Waals surface area contributed by atoms with Crippen LogP contribution in [0.15, 0.2) is 0 Å². The molecule has 0 unspecified atom stereocenters. The number of anilines is 2. The molecular weight excluding hydrogens is 290 g/mol. The van der Waals surface area contributed by atoms with Gasteiger partial charge in [0.1, 0.15) is 9.88 Å². The third-order valence-electron chi connectivity index (χ3n) is 3.40. The average molecular weight is 311 g/mol. The Balaban J connectivity index is 2.46. The molecule has 0 radical (unpaired) electrons.